The largest absolute Gasteiger partial charge is 0.381 e. The van der Waals surface area contributed by atoms with Crippen LogP contribution in [-0.2, 0) is 9.47 Å². The van der Waals surface area contributed by atoms with Crippen LogP contribution >= 0.6 is 0 Å². The molecule has 200 valence electrons. The van der Waals surface area contributed by atoms with Gasteiger partial charge in [0.25, 0.3) is 0 Å². The van der Waals surface area contributed by atoms with Crippen LogP contribution < -0.4 is 0 Å². The Morgan fingerprint density at radius 1 is 0.914 bits per heavy atom. The summed E-state index contributed by atoms with van der Waals surface area (Å²) >= 11 is 0. The zero-order valence-electron chi connectivity index (χ0n) is 24.9. The third-order valence-corrected chi connectivity index (χ3v) is 12.8. The van der Waals surface area contributed by atoms with Gasteiger partial charge >= 0.3 is 0 Å². The second kappa shape index (κ2) is 9.30. The molecule has 0 aliphatic heterocycles. The van der Waals surface area contributed by atoms with Crippen molar-refractivity contribution >= 4 is 0 Å². The van der Waals surface area contributed by atoms with Gasteiger partial charge in [0.1, 0.15) is 0 Å². The van der Waals surface area contributed by atoms with Crippen LogP contribution in [0.2, 0.25) is 0 Å². The summed E-state index contributed by atoms with van der Waals surface area (Å²) in [7, 11) is 3.81. The van der Waals surface area contributed by atoms with E-state index >= 15 is 0 Å². The Kier molecular flexibility index (Phi) is 7.29. The fraction of sp³-hybridized carbons (Fsp3) is 0.879. The SMILES string of the molecule is C=C(C(C)C)[C@H](C[C@@H](C)[C@H]1CC[C@@]2(C)C3=C(CC[C@]12C)[C@@]1(C)CC[C@H](OC)C(C)(C)[C@@H]1CC3)OC. The van der Waals surface area contributed by atoms with Crippen molar-refractivity contribution in [3.05, 3.63) is 23.3 Å². The molecule has 0 aromatic heterocycles. The second-order valence-electron chi connectivity index (χ2n) is 14.6. The summed E-state index contributed by atoms with van der Waals surface area (Å²) in [6, 6.07) is 0. The Morgan fingerprint density at radius 2 is 1.60 bits per heavy atom. The summed E-state index contributed by atoms with van der Waals surface area (Å²) in [5.74, 6) is 2.64. The van der Waals surface area contributed by atoms with Gasteiger partial charge in [-0.15, -0.1) is 0 Å². The quantitative estimate of drug-likeness (QED) is 0.336. The molecule has 4 aliphatic carbocycles. The van der Waals surface area contributed by atoms with Gasteiger partial charge in [0.15, 0.2) is 0 Å². The van der Waals surface area contributed by atoms with Gasteiger partial charge in [-0.2, -0.15) is 0 Å². The van der Waals surface area contributed by atoms with E-state index in [2.05, 4.69) is 62.0 Å². The van der Waals surface area contributed by atoms with E-state index in [4.69, 9.17) is 9.47 Å². The first-order chi connectivity index (χ1) is 16.3. The normalized spacial score (nSPS) is 42.3. The maximum absolute atomic E-state index is 6.02. The molecule has 0 bridgehead atoms. The highest BCUT2D eigenvalue weighted by molar-refractivity contribution is 5.38. The first-order valence-corrected chi connectivity index (χ1v) is 14.7. The molecule has 0 saturated heterocycles. The van der Waals surface area contributed by atoms with Crippen molar-refractivity contribution in [2.24, 2.45) is 45.3 Å². The van der Waals surface area contributed by atoms with Gasteiger partial charge in [-0.1, -0.05) is 73.1 Å². The average molecular weight is 485 g/mol. The molecule has 8 atom stereocenters. The molecule has 0 spiro atoms. The van der Waals surface area contributed by atoms with Crippen LogP contribution in [0.25, 0.3) is 0 Å². The van der Waals surface area contributed by atoms with Gasteiger partial charge in [0.05, 0.1) is 12.2 Å². The average Bonchev–Trinajstić information content (AvgIpc) is 3.08. The van der Waals surface area contributed by atoms with Crippen LogP contribution in [-0.4, -0.2) is 26.4 Å². The van der Waals surface area contributed by atoms with Crippen LogP contribution in [0.4, 0.5) is 0 Å². The summed E-state index contributed by atoms with van der Waals surface area (Å²) in [5, 5.41) is 0. The third-order valence-electron chi connectivity index (χ3n) is 12.8. The molecule has 0 unspecified atom stereocenters. The highest BCUT2D eigenvalue weighted by atomic mass is 16.5. The highest BCUT2D eigenvalue weighted by Gasteiger charge is 2.63. The Labute approximate surface area is 217 Å². The van der Waals surface area contributed by atoms with E-state index in [1.54, 1.807) is 0 Å². The molecule has 2 heteroatoms. The molecule has 35 heavy (non-hydrogen) atoms. The topological polar surface area (TPSA) is 18.5 Å². The van der Waals surface area contributed by atoms with Crippen molar-refractivity contribution < 1.29 is 9.47 Å². The lowest BCUT2D eigenvalue weighted by molar-refractivity contribution is -0.112. The molecule has 0 aromatic carbocycles. The van der Waals surface area contributed by atoms with Crippen molar-refractivity contribution in [3.8, 4) is 0 Å². The maximum atomic E-state index is 6.02. The predicted molar refractivity (Wildman–Crippen MR) is 148 cm³/mol. The van der Waals surface area contributed by atoms with E-state index in [1.807, 2.05) is 25.4 Å². The monoisotopic (exact) mass is 484 g/mol. The lowest BCUT2D eigenvalue weighted by Gasteiger charge is -2.62. The molecule has 0 N–H and O–H groups in total. The molecule has 2 fully saturated rings. The molecular weight excluding hydrogens is 428 g/mol. The number of hydrogen-bond donors (Lipinski definition) is 0. The summed E-state index contributed by atoms with van der Waals surface area (Å²) in [6.45, 7) is 24.4. The zero-order chi connectivity index (χ0) is 26.0. The Balaban J connectivity index is 1.63. The van der Waals surface area contributed by atoms with Crippen LogP contribution in [0.15, 0.2) is 23.3 Å². The number of fused-ring (bicyclic) bond motifs is 4. The first-order valence-electron chi connectivity index (χ1n) is 14.7. The summed E-state index contributed by atoms with van der Waals surface area (Å²) in [4.78, 5) is 0. The number of ether oxygens (including phenoxy) is 2. The lowest BCUT2D eigenvalue weighted by atomic mass is 9.43. The van der Waals surface area contributed by atoms with Gasteiger partial charge in [-0.25, -0.2) is 0 Å². The summed E-state index contributed by atoms with van der Waals surface area (Å²) < 4.78 is 12.0. The fourth-order valence-electron chi connectivity index (χ4n) is 10.3. The Morgan fingerprint density at radius 3 is 2.20 bits per heavy atom. The van der Waals surface area contributed by atoms with E-state index in [0.29, 0.717) is 34.2 Å². The van der Waals surface area contributed by atoms with E-state index in [1.165, 1.54) is 56.9 Å². The Bertz CT molecular complexity index is 851. The molecule has 4 aliphatic rings. The van der Waals surface area contributed by atoms with Crippen molar-refractivity contribution in [1.82, 2.24) is 0 Å². The number of hydrogen-bond acceptors (Lipinski definition) is 2. The zero-order valence-corrected chi connectivity index (χ0v) is 24.9. The van der Waals surface area contributed by atoms with E-state index in [9.17, 15) is 0 Å². The third kappa shape index (κ3) is 3.94. The van der Waals surface area contributed by atoms with Gasteiger partial charge < -0.3 is 9.47 Å². The van der Waals surface area contributed by atoms with E-state index in [0.717, 1.165) is 18.3 Å². The predicted octanol–water partition coefficient (Wildman–Crippen LogP) is 9.00. The minimum atomic E-state index is 0.186. The number of allylic oxidation sites excluding steroid dienone is 2. The number of rotatable bonds is 7. The van der Waals surface area contributed by atoms with Crippen LogP contribution in [0.1, 0.15) is 113 Å². The van der Waals surface area contributed by atoms with Crippen LogP contribution in [0, 0.1) is 45.3 Å². The first kappa shape index (κ1) is 27.4. The standard InChI is InChI=1S/C33H56O2/c1-21(2)23(4)27(34-10)20-22(3)24-14-18-33(9)26-12-13-28-30(5,6)29(35-11)16-17-31(28,7)25(26)15-19-32(24,33)8/h21-22,24,27-29H,4,12-20H2,1-3,5-11H3/t22-,24-,27+,28+,29+,31-,32-,33+/m1/s1. The second-order valence-corrected chi connectivity index (χ2v) is 14.6. The van der Waals surface area contributed by atoms with Gasteiger partial charge in [0, 0.05) is 14.2 Å². The van der Waals surface area contributed by atoms with E-state index < -0.39 is 0 Å². The van der Waals surface area contributed by atoms with Crippen LogP contribution in [0.3, 0.4) is 0 Å². The van der Waals surface area contributed by atoms with Crippen molar-refractivity contribution in [1.29, 1.82) is 0 Å². The molecular formula is C33H56O2. The molecule has 0 amide bonds. The smallest absolute Gasteiger partial charge is 0.0783 e. The summed E-state index contributed by atoms with van der Waals surface area (Å²) in [5.41, 5.74) is 6.39. The Hall–Kier alpha value is -0.600. The van der Waals surface area contributed by atoms with Gasteiger partial charge in [0.2, 0.25) is 0 Å². The maximum Gasteiger partial charge on any atom is 0.0783 e. The molecule has 2 nitrogen and oxygen atoms in total. The summed E-state index contributed by atoms with van der Waals surface area (Å²) in [6.07, 6.45) is 12.3. The van der Waals surface area contributed by atoms with Gasteiger partial charge in [-0.05, 0) is 109 Å². The van der Waals surface area contributed by atoms with Crippen molar-refractivity contribution in [2.75, 3.05) is 14.2 Å². The fourth-order valence-corrected chi connectivity index (χ4v) is 10.3. The van der Waals surface area contributed by atoms with Crippen molar-refractivity contribution in [2.45, 2.75) is 125 Å². The minimum absolute atomic E-state index is 0.186. The lowest BCUT2D eigenvalue weighted by Crippen LogP contribution is -2.55. The molecule has 0 radical (unpaired) electrons. The van der Waals surface area contributed by atoms with Gasteiger partial charge in [-0.3, -0.25) is 0 Å². The van der Waals surface area contributed by atoms with Crippen molar-refractivity contribution in [3.63, 3.8) is 0 Å². The van der Waals surface area contributed by atoms with E-state index in [-0.39, 0.29) is 11.5 Å². The minimum Gasteiger partial charge on any atom is -0.381 e. The molecule has 2 saturated carbocycles. The number of methoxy groups -OCH3 is 2. The molecule has 0 aromatic rings. The highest BCUT2D eigenvalue weighted by Crippen LogP contribution is 2.72. The molecule has 4 rings (SSSR count). The molecule has 0 heterocycles. The van der Waals surface area contributed by atoms with Crippen LogP contribution in [0.5, 0.6) is 0 Å².